The second kappa shape index (κ2) is 8.91. The van der Waals surface area contributed by atoms with Crippen LogP contribution < -0.4 is 15.5 Å². The third kappa shape index (κ3) is 4.98. The quantitative estimate of drug-likeness (QED) is 0.805. The summed E-state index contributed by atoms with van der Waals surface area (Å²) in [5.74, 6) is -0.244. The molecule has 0 aliphatic rings. The number of benzene rings is 2. The first-order valence-electron chi connectivity index (χ1n) is 8.27. The fourth-order valence-corrected chi connectivity index (χ4v) is 2.53. The summed E-state index contributed by atoms with van der Waals surface area (Å²) in [5.41, 5.74) is 2.46. The minimum absolute atomic E-state index is 0.244. The van der Waals surface area contributed by atoms with Crippen molar-refractivity contribution in [2.24, 2.45) is 0 Å². The summed E-state index contributed by atoms with van der Waals surface area (Å²) in [5, 5.41) is 5.52. The molecule has 2 aromatic rings. The maximum absolute atomic E-state index is 13.5. The summed E-state index contributed by atoms with van der Waals surface area (Å²) in [6, 6.07) is 14.0. The van der Waals surface area contributed by atoms with Gasteiger partial charge in [-0.05, 0) is 56.2 Å². The first kappa shape index (κ1) is 17.8. The van der Waals surface area contributed by atoms with Gasteiger partial charge in [0.25, 0.3) is 0 Å². The van der Waals surface area contributed by atoms with Crippen molar-refractivity contribution >= 4 is 17.4 Å². The molecule has 5 heteroatoms. The Labute approximate surface area is 142 Å². The van der Waals surface area contributed by atoms with E-state index in [1.165, 1.54) is 6.07 Å². The fraction of sp³-hybridized carbons (Fsp3) is 0.316. The number of halogens is 1. The molecule has 0 aliphatic heterocycles. The average Bonchev–Trinajstić information content (AvgIpc) is 2.59. The molecule has 0 fully saturated rings. The van der Waals surface area contributed by atoms with E-state index < -0.39 is 0 Å². The zero-order valence-electron chi connectivity index (χ0n) is 14.2. The van der Waals surface area contributed by atoms with Crippen molar-refractivity contribution in [2.45, 2.75) is 20.3 Å². The van der Waals surface area contributed by atoms with Crippen molar-refractivity contribution < 1.29 is 9.18 Å². The maximum Gasteiger partial charge on any atom is 0.319 e. The highest BCUT2D eigenvalue weighted by molar-refractivity contribution is 5.89. The molecule has 0 atom stereocenters. The van der Waals surface area contributed by atoms with Gasteiger partial charge in [0.05, 0.1) is 0 Å². The van der Waals surface area contributed by atoms with Gasteiger partial charge in [-0.15, -0.1) is 0 Å². The van der Waals surface area contributed by atoms with Crippen molar-refractivity contribution in [1.82, 2.24) is 5.32 Å². The predicted molar refractivity (Wildman–Crippen MR) is 97.1 cm³/mol. The third-order valence-corrected chi connectivity index (χ3v) is 3.89. The molecule has 0 aromatic heterocycles. The van der Waals surface area contributed by atoms with E-state index in [2.05, 4.69) is 29.4 Å². The molecule has 0 heterocycles. The topological polar surface area (TPSA) is 44.4 Å². The van der Waals surface area contributed by atoms with Gasteiger partial charge in [-0.1, -0.05) is 18.2 Å². The number of hydrogen-bond acceptors (Lipinski definition) is 2. The van der Waals surface area contributed by atoms with Crippen LogP contribution in [0.25, 0.3) is 0 Å². The molecule has 0 aliphatic carbocycles. The zero-order chi connectivity index (χ0) is 17.4. The summed E-state index contributed by atoms with van der Waals surface area (Å²) in [7, 11) is 0. The van der Waals surface area contributed by atoms with Gasteiger partial charge in [-0.2, -0.15) is 0 Å². The number of amides is 2. The predicted octanol–water partition coefficient (Wildman–Crippen LogP) is 4.04. The molecule has 24 heavy (non-hydrogen) atoms. The number of rotatable bonds is 7. The zero-order valence-corrected chi connectivity index (χ0v) is 14.2. The van der Waals surface area contributed by atoms with Gasteiger partial charge in [0.2, 0.25) is 0 Å². The standard InChI is InChI=1S/C19H24FN3O/c1-3-23(4-2)17-11-9-16(10-12-17)22-19(24)21-14-13-15-7-5-6-8-18(15)20/h5-12H,3-4,13-14H2,1-2H3,(H2,21,22,24). The molecule has 2 aromatic carbocycles. The molecule has 0 bridgehead atoms. The van der Waals surface area contributed by atoms with Crippen LogP contribution in [-0.2, 0) is 6.42 Å². The molecule has 0 radical (unpaired) electrons. The van der Waals surface area contributed by atoms with Crippen LogP contribution in [0.1, 0.15) is 19.4 Å². The second-order valence-electron chi connectivity index (χ2n) is 5.44. The Hall–Kier alpha value is -2.56. The molecule has 2 rings (SSSR count). The monoisotopic (exact) mass is 329 g/mol. The Kier molecular flexibility index (Phi) is 6.61. The molecule has 0 unspecified atom stereocenters. The number of carbonyl (C=O) groups excluding carboxylic acids is 1. The van der Waals surface area contributed by atoms with Gasteiger partial charge in [-0.3, -0.25) is 0 Å². The lowest BCUT2D eigenvalue weighted by Gasteiger charge is -2.21. The summed E-state index contributed by atoms with van der Waals surface area (Å²) in [6.07, 6.45) is 0.459. The van der Waals surface area contributed by atoms with Crippen molar-refractivity contribution in [3.63, 3.8) is 0 Å². The van der Waals surface area contributed by atoms with Crippen molar-refractivity contribution in [2.75, 3.05) is 29.9 Å². The van der Waals surface area contributed by atoms with E-state index in [9.17, 15) is 9.18 Å². The molecule has 2 N–H and O–H groups in total. The first-order chi connectivity index (χ1) is 11.6. The number of hydrogen-bond donors (Lipinski definition) is 2. The summed E-state index contributed by atoms with van der Waals surface area (Å²) in [6.45, 7) is 6.49. The third-order valence-electron chi connectivity index (χ3n) is 3.89. The van der Waals surface area contributed by atoms with E-state index in [0.717, 1.165) is 24.5 Å². The minimum Gasteiger partial charge on any atom is -0.372 e. The molecule has 0 saturated heterocycles. The normalized spacial score (nSPS) is 10.3. The molecule has 2 amide bonds. The highest BCUT2D eigenvalue weighted by Crippen LogP contribution is 2.17. The van der Waals surface area contributed by atoms with E-state index in [1.54, 1.807) is 18.2 Å². The van der Waals surface area contributed by atoms with Crippen LogP contribution in [0.4, 0.5) is 20.6 Å². The Balaban J connectivity index is 1.81. The van der Waals surface area contributed by atoms with Gasteiger partial charge >= 0.3 is 6.03 Å². The molecule has 0 spiro atoms. The summed E-state index contributed by atoms with van der Waals surface area (Å²) in [4.78, 5) is 14.1. The van der Waals surface area contributed by atoms with Crippen LogP contribution in [0, 0.1) is 5.82 Å². The second-order valence-corrected chi connectivity index (χ2v) is 5.44. The van der Waals surface area contributed by atoms with Crippen LogP contribution in [0.3, 0.4) is 0 Å². The van der Waals surface area contributed by atoms with Crippen LogP contribution in [0.2, 0.25) is 0 Å². The molecular weight excluding hydrogens is 305 g/mol. The number of carbonyl (C=O) groups is 1. The number of urea groups is 1. The average molecular weight is 329 g/mol. The van der Waals surface area contributed by atoms with Crippen molar-refractivity contribution in [3.05, 3.63) is 59.9 Å². The number of anilines is 2. The Morgan fingerprint density at radius 2 is 1.71 bits per heavy atom. The Morgan fingerprint density at radius 3 is 2.33 bits per heavy atom. The summed E-state index contributed by atoms with van der Waals surface area (Å²) >= 11 is 0. The van der Waals surface area contributed by atoms with Gasteiger partial charge < -0.3 is 15.5 Å². The SMILES string of the molecule is CCN(CC)c1ccc(NC(=O)NCCc2ccccc2F)cc1. The van der Waals surface area contributed by atoms with Crippen LogP contribution >= 0.6 is 0 Å². The molecular formula is C19H24FN3O. The van der Waals surface area contributed by atoms with Crippen LogP contribution in [0.5, 0.6) is 0 Å². The largest absolute Gasteiger partial charge is 0.372 e. The van der Waals surface area contributed by atoms with Gasteiger partial charge in [0.15, 0.2) is 0 Å². The Morgan fingerprint density at radius 1 is 1.04 bits per heavy atom. The van der Waals surface area contributed by atoms with Crippen molar-refractivity contribution in [3.8, 4) is 0 Å². The van der Waals surface area contributed by atoms with E-state index in [-0.39, 0.29) is 11.8 Å². The summed E-state index contributed by atoms with van der Waals surface area (Å²) < 4.78 is 13.5. The Bertz CT molecular complexity index is 654. The molecule has 0 saturated carbocycles. The fourth-order valence-electron chi connectivity index (χ4n) is 2.53. The maximum atomic E-state index is 13.5. The lowest BCUT2D eigenvalue weighted by Crippen LogP contribution is -2.30. The van der Waals surface area contributed by atoms with E-state index >= 15 is 0 Å². The van der Waals surface area contributed by atoms with E-state index in [0.29, 0.717) is 18.5 Å². The van der Waals surface area contributed by atoms with Gasteiger partial charge in [-0.25, -0.2) is 9.18 Å². The number of nitrogens with one attached hydrogen (secondary N) is 2. The highest BCUT2D eigenvalue weighted by atomic mass is 19.1. The molecule has 128 valence electrons. The van der Waals surface area contributed by atoms with Gasteiger partial charge in [0.1, 0.15) is 5.82 Å². The molecule has 4 nitrogen and oxygen atoms in total. The minimum atomic E-state index is -0.290. The highest BCUT2D eigenvalue weighted by Gasteiger charge is 2.05. The number of nitrogens with zero attached hydrogens (tertiary/aromatic N) is 1. The smallest absolute Gasteiger partial charge is 0.319 e. The van der Waals surface area contributed by atoms with Crippen molar-refractivity contribution in [1.29, 1.82) is 0 Å². The lowest BCUT2D eigenvalue weighted by atomic mass is 10.1. The van der Waals surface area contributed by atoms with Gasteiger partial charge in [0, 0.05) is 31.0 Å². The first-order valence-corrected chi connectivity index (χ1v) is 8.27. The van der Waals surface area contributed by atoms with Crippen LogP contribution in [-0.4, -0.2) is 25.7 Å². The lowest BCUT2D eigenvalue weighted by molar-refractivity contribution is 0.252. The van der Waals surface area contributed by atoms with Crippen LogP contribution in [0.15, 0.2) is 48.5 Å². The van der Waals surface area contributed by atoms with E-state index in [1.807, 2.05) is 24.3 Å². The van der Waals surface area contributed by atoms with E-state index in [4.69, 9.17) is 0 Å².